The molecule has 3 aromatic rings. The maximum absolute atomic E-state index is 11.3. The Bertz CT molecular complexity index is 811. The van der Waals surface area contributed by atoms with Crippen LogP contribution in [0.3, 0.4) is 0 Å². The van der Waals surface area contributed by atoms with E-state index in [1.807, 2.05) is 44.2 Å². The summed E-state index contributed by atoms with van der Waals surface area (Å²) in [5.41, 5.74) is 1.24. The number of rotatable bonds is 5. The summed E-state index contributed by atoms with van der Waals surface area (Å²) in [5, 5.41) is 16.9. The van der Waals surface area contributed by atoms with E-state index < -0.39 is 5.97 Å². The first kappa shape index (κ1) is 18.0. The Hall–Kier alpha value is -3.35. The predicted molar refractivity (Wildman–Crippen MR) is 92.1 cm³/mol. The third-order valence-corrected chi connectivity index (χ3v) is 3.00. The van der Waals surface area contributed by atoms with Crippen molar-refractivity contribution in [2.75, 3.05) is 0 Å². The topological polar surface area (TPSA) is 98.1 Å². The van der Waals surface area contributed by atoms with Crippen LogP contribution in [0.5, 0.6) is 5.88 Å². The van der Waals surface area contributed by atoms with Gasteiger partial charge in [0.25, 0.3) is 0 Å². The largest absolute Gasteiger partial charge is 0.477 e. The molecule has 0 saturated carbocycles. The summed E-state index contributed by atoms with van der Waals surface area (Å²) in [5.74, 6) is -0.901. The number of carbonyl (C=O) groups is 1. The quantitative estimate of drug-likeness (QED) is 0.762. The average molecular weight is 338 g/mol. The van der Waals surface area contributed by atoms with Gasteiger partial charge < -0.3 is 9.84 Å². The summed E-state index contributed by atoms with van der Waals surface area (Å²) in [4.78, 5) is 19.5. The highest BCUT2D eigenvalue weighted by molar-refractivity contribution is 5.90. The van der Waals surface area contributed by atoms with Gasteiger partial charge in [0.05, 0.1) is 0 Å². The molecule has 0 aliphatic carbocycles. The van der Waals surface area contributed by atoms with E-state index in [4.69, 9.17) is 4.74 Å². The maximum atomic E-state index is 11.3. The summed E-state index contributed by atoms with van der Waals surface area (Å²) in [6, 6.07) is 12.8. The predicted octanol–water partition coefficient (Wildman–Crippen LogP) is 3.24. The maximum Gasteiger partial charge on any atom is 0.342 e. The molecular weight excluding hydrogens is 320 g/mol. The summed E-state index contributed by atoms with van der Waals surface area (Å²) in [7, 11) is 0. The van der Waals surface area contributed by atoms with Gasteiger partial charge in [-0.25, -0.2) is 9.78 Å². The zero-order valence-corrected chi connectivity index (χ0v) is 14.0. The molecule has 0 atom stereocenters. The second-order valence-corrected chi connectivity index (χ2v) is 4.60. The molecule has 2 heterocycles. The van der Waals surface area contributed by atoms with Crippen LogP contribution in [0, 0.1) is 0 Å². The molecule has 7 heteroatoms. The zero-order valence-electron chi connectivity index (χ0n) is 14.0. The van der Waals surface area contributed by atoms with Gasteiger partial charge in [0, 0.05) is 12.4 Å². The SMILES string of the molecule is CC.O=C(O)c1cnc(-c2cccnn2)nc1OCc1ccccc1. The Kier molecular flexibility index (Phi) is 6.53. The second-order valence-electron chi connectivity index (χ2n) is 4.60. The van der Waals surface area contributed by atoms with Crippen molar-refractivity contribution in [1.82, 2.24) is 20.2 Å². The molecule has 0 aliphatic rings. The van der Waals surface area contributed by atoms with Crippen molar-refractivity contribution >= 4 is 5.97 Å². The van der Waals surface area contributed by atoms with E-state index in [9.17, 15) is 9.90 Å². The van der Waals surface area contributed by atoms with Crippen molar-refractivity contribution in [3.63, 3.8) is 0 Å². The number of carboxylic acids is 1. The number of ether oxygens (including phenoxy) is 1. The Morgan fingerprint density at radius 3 is 2.52 bits per heavy atom. The highest BCUT2D eigenvalue weighted by Crippen LogP contribution is 2.20. The molecule has 0 fully saturated rings. The minimum atomic E-state index is -1.15. The minimum Gasteiger partial charge on any atom is -0.477 e. The zero-order chi connectivity index (χ0) is 18.1. The number of nitrogens with zero attached hydrogens (tertiary/aromatic N) is 4. The average Bonchev–Trinajstić information content (AvgIpc) is 2.69. The van der Waals surface area contributed by atoms with Crippen LogP contribution in [0.15, 0.2) is 54.9 Å². The fraction of sp³-hybridized carbons (Fsp3) is 0.167. The molecule has 1 N–H and O–H groups in total. The number of carboxylic acid groups (broad SMARTS) is 1. The van der Waals surface area contributed by atoms with Crippen molar-refractivity contribution in [2.24, 2.45) is 0 Å². The van der Waals surface area contributed by atoms with Crippen LogP contribution < -0.4 is 4.74 Å². The summed E-state index contributed by atoms with van der Waals surface area (Å²) >= 11 is 0. The lowest BCUT2D eigenvalue weighted by molar-refractivity contribution is 0.0690. The molecule has 3 rings (SSSR count). The van der Waals surface area contributed by atoms with Crippen LogP contribution in [0.4, 0.5) is 0 Å². The van der Waals surface area contributed by atoms with Crippen molar-refractivity contribution in [3.05, 3.63) is 66.0 Å². The molecule has 0 saturated heterocycles. The van der Waals surface area contributed by atoms with Crippen LogP contribution in [0.1, 0.15) is 29.8 Å². The van der Waals surface area contributed by atoms with Gasteiger partial charge in [-0.15, -0.1) is 5.10 Å². The normalized spacial score (nSPS) is 9.68. The Balaban J connectivity index is 0.00000109. The molecule has 0 radical (unpaired) electrons. The number of aromatic nitrogens is 4. The summed E-state index contributed by atoms with van der Waals surface area (Å²) < 4.78 is 5.57. The smallest absolute Gasteiger partial charge is 0.342 e. The van der Waals surface area contributed by atoms with E-state index in [-0.39, 0.29) is 23.9 Å². The monoisotopic (exact) mass is 338 g/mol. The third-order valence-electron chi connectivity index (χ3n) is 3.00. The Morgan fingerprint density at radius 2 is 1.88 bits per heavy atom. The van der Waals surface area contributed by atoms with Gasteiger partial charge in [-0.2, -0.15) is 10.1 Å². The van der Waals surface area contributed by atoms with Crippen molar-refractivity contribution in [3.8, 4) is 17.4 Å². The lowest BCUT2D eigenvalue weighted by atomic mass is 10.2. The van der Waals surface area contributed by atoms with Crippen LogP contribution in [-0.4, -0.2) is 31.2 Å². The highest BCUT2D eigenvalue weighted by Gasteiger charge is 2.16. The van der Waals surface area contributed by atoms with Crippen LogP contribution in [0.25, 0.3) is 11.5 Å². The van der Waals surface area contributed by atoms with Crippen LogP contribution in [0.2, 0.25) is 0 Å². The molecule has 0 aliphatic heterocycles. The van der Waals surface area contributed by atoms with Gasteiger partial charge in [-0.1, -0.05) is 44.2 Å². The molecule has 0 unspecified atom stereocenters. The van der Waals surface area contributed by atoms with Crippen molar-refractivity contribution in [1.29, 1.82) is 0 Å². The first-order valence-electron chi connectivity index (χ1n) is 7.79. The molecule has 128 valence electrons. The fourth-order valence-corrected chi connectivity index (χ4v) is 1.89. The van der Waals surface area contributed by atoms with E-state index in [2.05, 4.69) is 20.2 Å². The first-order valence-corrected chi connectivity index (χ1v) is 7.79. The van der Waals surface area contributed by atoms with E-state index in [0.717, 1.165) is 5.56 Å². The van der Waals surface area contributed by atoms with Gasteiger partial charge in [0.1, 0.15) is 17.9 Å². The summed E-state index contributed by atoms with van der Waals surface area (Å²) in [6.07, 6.45) is 2.74. The van der Waals surface area contributed by atoms with Gasteiger partial charge in [0.2, 0.25) is 5.88 Å². The lowest BCUT2D eigenvalue weighted by Gasteiger charge is -2.09. The molecule has 2 aromatic heterocycles. The minimum absolute atomic E-state index is 0.00277. The lowest BCUT2D eigenvalue weighted by Crippen LogP contribution is -2.07. The third kappa shape index (κ3) is 4.81. The van der Waals surface area contributed by atoms with E-state index in [1.165, 1.54) is 12.4 Å². The van der Waals surface area contributed by atoms with Gasteiger partial charge in [-0.3, -0.25) is 0 Å². The highest BCUT2D eigenvalue weighted by atomic mass is 16.5. The first-order chi connectivity index (χ1) is 12.2. The van der Waals surface area contributed by atoms with Gasteiger partial charge >= 0.3 is 5.97 Å². The molecule has 1 aromatic carbocycles. The Morgan fingerprint density at radius 1 is 1.12 bits per heavy atom. The van der Waals surface area contributed by atoms with Crippen LogP contribution in [-0.2, 0) is 6.61 Å². The van der Waals surface area contributed by atoms with Gasteiger partial charge in [-0.05, 0) is 17.7 Å². The van der Waals surface area contributed by atoms with Crippen LogP contribution >= 0.6 is 0 Å². The number of benzene rings is 1. The van der Waals surface area contributed by atoms with Crippen molar-refractivity contribution < 1.29 is 14.6 Å². The fourth-order valence-electron chi connectivity index (χ4n) is 1.89. The molecule has 0 bridgehead atoms. The van der Waals surface area contributed by atoms with Gasteiger partial charge in [0.15, 0.2) is 5.82 Å². The molecular formula is C18H18N4O3. The standard InChI is InChI=1S/C16H12N4O3.C2H6/c21-16(22)12-9-17-14(13-7-4-8-18-20-13)19-15(12)23-10-11-5-2-1-3-6-11;1-2/h1-9H,10H2,(H,21,22);1-2H3. The Labute approximate surface area is 145 Å². The van der Waals surface area contributed by atoms with E-state index in [0.29, 0.717) is 5.69 Å². The van der Waals surface area contributed by atoms with E-state index >= 15 is 0 Å². The number of hydrogen-bond acceptors (Lipinski definition) is 6. The van der Waals surface area contributed by atoms with Crippen molar-refractivity contribution in [2.45, 2.75) is 20.5 Å². The number of aromatic carboxylic acids is 1. The molecule has 0 spiro atoms. The number of hydrogen-bond donors (Lipinski definition) is 1. The molecule has 0 amide bonds. The second kappa shape index (κ2) is 9.07. The molecule has 25 heavy (non-hydrogen) atoms. The summed E-state index contributed by atoms with van der Waals surface area (Å²) in [6.45, 7) is 4.21. The molecule has 7 nitrogen and oxygen atoms in total. The van der Waals surface area contributed by atoms with E-state index in [1.54, 1.807) is 12.1 Å².